The second kappa shape index (κ2) is 4.90. The van der Waals surface area contributed by atoms with E-state index in [1.165, 1.54) is 0 Å². The van der Waals surface area contributed by atoms with Crippen molar-refractivity contribution in [2.45, 2.75) is 32.8 Å². The molecule has 0 radical (unpaired) electrons. The van der Waals surface area contributed by atoms with Crippen molar-refractivity contribution >= 4 is 27.2 Å². The van der Waals surface area contributed by atoms with Crippen molar-refractivity contribution in [3.8, 4) is 0 Å². The van der Waals surface area contributed by atoms with Gasteiger partial charge in [0.15, 0.2) is 0 Å². The second-order valence-electron chi connectivity index (χ2n) is 5.53. The summed E-state index contributed by atoms with van der Waals surface area (Å²) >= 11 is 0. The van der Waals surface area contributed by atoms with Crippen LogP contribution in [0.1, 0.15) is 27.2 Å². The molecule has 2 rings (SSSR count). The van der Waals surface area contributed by atoms with Gasteiger partial charge in [0.1, 0.15) is 5.60 Å². The number of rotatable bonds is 0. The normalized spacial score (nSPS) is 18.4. The van der Waals surface area contributed by atoms with Crippen LogP contribution in [0.5, 0.6) is 0 Å². The fraction of sp³-hybridized carbons (Fsp3) is 0.462. The third-order valence-corrected chi connectivity index (χ3v) is 3.67. The van der Waals surface area contributed by atoms with E-state index >= 15 is 0 Å². The highest BCUT2D eigenvalue weighted by Crippen LogP contribution is 2.27. The fourth-order valence-corrected chi connectivity index (χ4v) is 2.65. The standard InChI is InChI=1S/C13H15NO5S/c1-13(2,3)19-12(16)14-7-9-8(11(14)15)5-4-6-10(9)20(17)18/h4-5H,6-7H2,1-3H3. The van der Waals surface area contributed by atoms with Crippen molar-refractivity contribution < 1.29 is 22.7 Å². The molecule has 0 aromatic carbocycles. The summed E-state index contributed by atoms with van der Waals surface area (Å²) in [4.78, 5) is 25.2. The summed E-state index contributed by atoms with van der Waals surface area (Å²) in [7, 11) is -2.40. The number of hydrogen-bond donors (Lipinski definition) is 0. The first-order chi connectivity index (χ1) is 9.20. The van der Waals surface area contributed by atoms with Crippen molar-refractivity contribution in [1.82, 2.24) is 4.90 Å². The minimum absolute atomic E-state index is 0.0588. The number of ether oxygens (including phenoxy) is 1. The molecule has 0 aromatic rings. The molecule has 1 aliphatic carbocycles. The molecule has 20 heavy (non-hydrogen) atoms. The van der Waals surface area contributed by atoms with Gasteiger partial charge in [-0.15, -0.1) is 0 Å². The number of carbonyl (C=O) groups excluding carboxylic acids is 2. The maximum Gasteiger partial charge on any atom is 0.417 e. The molecule has 0 unspecified atom stereocenters. The number of allylic oxidation sites excluding steroid dienone is 1. The lowest BCUT2D eigenvalue weighted by Crippen LogP contribution is -2.38. The van der Waals surface area contributed by atoms with Gasteiger partial charge in [0.2, 0.25) is 10.3 Å². The Bertz CT molecular complexity index is 668. The summed E-state index contributed by atoms with van der Waals surface area (Å²) in [6.45, 7) is 5.03. The molecule has 0 N–H and O–H groups in total. The maximum absolute atomic E-state index is 12.1. The van der Waals surface area contributed by atoms with Crippen LogP contribution in [-0.4, -0.2) is 42.3 Å². The zero-order valence-electron chi connectivity index (χ0n) is 11.5. The van der Waals surface area contributed by atoms with Gasteiger partial charge >= 0.3 is 6.09 Å². The first-order valence-electron chi connectivity index (χ1n) is 6.10. The molecule has 0 spiro atoms. The monoisotopic (exact) mass is 297 g/mol. The predicted octanol–water partition coefficient (Wildman–Crippen LogP) is 1.07. The number of nitrogens with zero attached hydrogens (tertiary/aromatic N) is 1. The van der Waals surface area contributed by atoms with Crippen LogP contribution < -0.4 is 0 Å². The molecule has 0 atom stereocenters. The number of carbonyl (C=O) groups is 2. The Morgan fingerprint density at radius 3 is 2.55 bits per heavy atom. The van der Waals surface area contributed by atoms with Crippen LogP contribution in [0.2, 0.25) is 0 Å². The molecule has 6 nitrogen and oxygen atoms in total. The Kier molecular flexibility index (Phi) is 3.56. The van der Waals surface area contributed by atoms with E-state index < -0.39 is 27.9 Å². The molecular weight excluding hydrogens is 282 g/mol. The first-order valence-corrected chi connectivity index (χ1v) is 7.18. The fourth-order valence-electron chi connectivity index (χ4n) is 2.04. The third kappa shape index (κ3) is 2.67. The van der Waals surface area contributed by atoms with Crippen LogP contribution in [0.25, 0.3) is 0 Å². The van der Waals surface area contributed by atoms with Gasteiger partial charge in [-0.2, -0.15) is 8.42 Å². The van der Waals surface area contributed by atoms with E-state index in [2.05, 4.69) is 0 Å². The largest absolute Gasteiger partial charge is 0.443 e. The minimum Gasteiger partial charge on any atom is -0.443 e. The summed E-state index contributed by atoms with van der Waals surface area (Å²) in [6, 6.07) is 0. The summed E-state index contributed by atoms with van der Waals surface area (Å²) in [6.07, 6.45) is 2.63. The molecule has 2 aliphatic rings. The van der Waals surface area contributed by atoms with Gasteiger partial charge < -0.3 is 4.74 Å². The number of imide groups is 1. The summed E-state index contributed by atoms with van der Waals surface area (Å²) in [5, 5.41) is 0. The van der Waals surface area contributed by atoms with Gasteiger partial charge in [0.25, 0.3) is 5.91 Å². The Hall–Kier alpha value is -1.89. The van der Waals surface area contributed by atoms with Crippen molar-refractivity contribution in [1.29, 1.82) is 0 Å². The van der Waals surface area contributed by atoms with Crippen LogP contribution in [0.3, 0.4) is 0 Å². The van der Waals surface area contributed by atoms with Crippen LogP contribution in [-0.2, 0) is 19.8 Å². The van der Waals surface area contributed by atoms with Gasteiger partial charge in [0.05, 0.1) is 11.4 Å². The Morgan fingerprint density at radius 2 is 2.00 bits per heavy atom. The summed E-state index contributed by atoms with van der Waals surface area (Å²) in [5.41, 5.74) is -0.0810. The van der Waals surface area contributed by atoms with Gasteiger partial charge in [-0.25, -0.2) is 9.69 Å². The lowest BCUT2D eigenvalue weighted by Gasteiger charge is -2.23. The lowest BCUT2D eigenvalue weighted by molar-refractivity contribution is -0.124. The highest BCUT2D eigenvalue weighted by molar-refractivity contribution is 7.73. The van der Waals surface area contributed by atoms with E-state index in [0.717, 1.165) is 4.90 Å². The van der Waals surface area contributed by atoms with E-state index in [0.29, 0.717) is 5.57 Å². The van der Waals surface area contributed by atoms with Crippen LogP contribution in [0.15, 0.2) is 23.3 Å². The van der Waals surface area contributed by atoms with E-state index in [4.69, 9.17) is 4.74 Å². The van der Waals surface area contributed by atoms with E-state index in [1.54, 1.807) is 32.9 Å². The van der Waals surface area contributed by atoms with Crippen molar-refractivity contribution in [2.75, 3.05) is 6.54 Å². The smallest absolute Gasteiger partial charge is 0.417 e. The zero-order chi connectivity index (χ0) is 15.1. The highest BCUT2D eigenvalue weighted by atomic mass is 32.2. The molecule has 0 saturated carbocycles. The first kappa shape index (κ1) is 14.5. The van der Waals surface area contributed by atoms with Crippen molar-refractivity contribution in [3.63, 3.8) is 0 Å². The number of hydrogen-bond acceptors (Lipinski definition) is 5. The highest BCUT2D eigenvalue weighted by Gasteiger charge is 2.38. The lowest BCUT2D eigenvalue weighted by atomic mass is 10.00. The molecule has 1 heterocycles. The zero-order valence-corrected chi connectivity index (χ0v) is 12.3. The summed E-state index contributed by atoms with van der Waals surface area (Å²) in [5.74, 6) is -0.520. The molecule has 0 aromatic heterocycles. The average molecular weight is 297 g/mol. The molecule has 7 heteroatoms. The van der Waals surface area contributed by atoms with Gasteiger partial charge in [0, 0.05) is 17.6 Å². The second-order valence-corrected chi connectivity index (χ2v) is 6.49. The van der Waals surface area contributed by atoms with Crippen LogP contribution in [0.4, 0.5) is 4.79 Å². The van der Waals surface area contributed by atoms with E-state index in [-0.39, 0.29) is 23.4 Å². The quantitative estimate of drug-likeness (QED) is 0.625. The molecule has 0 fully saturated rings. The Balaban J connectivity index is 2.31. The van der Waals surface area contributed by atoms with Crippen LogP contribution in [0, 0.1) is 0 Å². The molecule has 2 amide bonds. The van der Waals surface area contributed by atoms with Crippen molar-refractivity contribution in [2.24, 2.45) is 0 Å². The van der Waals surface area contributed by atoms with Crippen molar-refractivity contribution in [3.05, 3.63) is 23.3 Å². The van der Waals surface area contributed by atoms with E-state index in [1.807, 2.05) is 0 Å². The Labute approximate surface area is 118 Å². The molecule has 0 saturated heterocycles. The molecular formula is C13H15NO5S. The molecule has 0 bridgehead atoms. The topological polar surface area (TPSA) is 80.8 Å². The average Bonchev–Trinajstić information content (AvgIpc) is 2.64. The van der Waals surface area contributed by atoms with Gasteiger partial charge in [-0.3, -0.25) is 4.79 Å². The molecule has 108 valence electrons. The third-order valence-electron chi connectivity index (χ3n) is 2.86. The molecule has 1 aliphatic heterocycles. The summed E-state index contributed by atoms with van der Waals surface area (Å²) < 4.78 is 27.5. The van der Waals surface area contributed by atoms with Gasteiger partial charge in [-0.1, -0.05) is 12.2 Å². The minimum atomic E-state index is -2.40. The number of amides is 2. The van der Waals surface area contributed by atoms with E-state index in [9.17, 15) is 18.0 Å². The Morgan fingerprint density at radius 1 is 1.35 bits per heavy atom. The maximum atomic E-state index is 12.1. The predicted molar refractivity (Wildman–Crippen MR) is 72.7 cm³/mol. The van der Waals surface area contributed by atoms with Crippen LogP contribution >= 0.6 is 0 Å². The SMILES string of the molecule is CC(C)(C)OC(=O)N1CC2=C(C=CCC2=S(=O)=O)C1=O. The van der Waals surface area contributed by atoms with Gasteiger partial charge in [-0.05, 0) is 20.8 Å².